The van der Waals surface area contributed by atoms with Crippen molar-refractivity contribution in [3.63, 3.8) is 0 Å². The molecule has 0 aliphatic heterocycles. The zero-order valence-corrected chi connectivity index (χ0v) is 13.6. The van der Waals surface area contributed by atoms with Crippen LogP contribution in [0.3, 0.4) is 0 Å². The van der Waals surface area contributed by atoms with Gasteiger partial charge in [-0.05, 0) is 27.7 Å². The van der Waals surface area contributed by atoms with Gasteiger partial charge in [0.25, 0.3) is 0 Å². The molecule has 82 valence electrons. The number of nitrogens with zero attached hydrogens (tertiary/aromatic N) is 1. The molecule has 0 rings (SSSR count). The Morgan fingerprint density at radius 1 is 1.40 bits per heavy atom. The van der Waals surface area contributed by atoms with Crippen LogP contribution in [0.25, 0.3) is 0 Å². The molecule has 15 heavy (non-hydrogen) atoms. The maximum absolute atomic E-state index is 10.7. The Morgan fingerprint density at radius 2 is 1.80 bits per heavy atom. The van der Waals surface area contributed by atoms with Gasteiger partial charge in [0.15, 0.2) is 0 Å². The number of thioether (sulfide) groups is 1. The average Bonchev–Trinajstić information content (AvgIpc) is 2.05. The standard InChI is InChI=1S/C9H17NO2S2.Na/c1-5-10(6-2)8(13)14-9(3,4)7(11)12;/h5-6H2,1-4H3,(H,11,12);/q;+1/p-1. The fraction of sp³-hybridized carbons (Fsp3) is 0.778. The number of rotatable bonds is 4. The molecule has 0 spiro atoms. The van der Waals surface area contributed by atoms with Gasteiger partial charge in [-0.15, -0.1) is 0 Å². The first kappa shape index (κ1) is 18.1. The van der Waals surface area contributed by atoms with Crippen LogP contribution in [0, 0.1) is 0 Å². The Kier molecular flexibility index (Phi) is 9.52. The van der Waals surface area contributed by atoms with Crippen molar-refractivity contribution in [2.45, 2.75) is 32.4 Å². The number of carboxylic acid groups (broad SMARTS) is 1. The van der Waals surface area contributed by atoms with Crippen molar-refractivity contribution in [2.75, 3.05) is 13.1 Å². The van der Waals surface area contributed by atoms with Gasteiger partial charge in [-0.3, -0.25) is 0 Å². The van der Waals surface area contributed by atoms with Gasteiger partial charge in [-0.25, -0.2) is 0 Å². The van der Waals surface area contributed by atoms with E-state index in [0.29, 0.717) is 4.32 Å². The third-order valence-corrected chi connectivity index (χ3v) is 3.47. The van der Waals surface area contributed by atoms with Crippen molar-refractivity contribution in [2.24, 2.45) is 0 Å². The predicted molar refractivity (Wildman–Crippen MR) is 62.2 cm³/mol. The Morgan fingerprint density at radius 3 is 2.07 bits per heavy atom. The molecule has 0 aliphatic carbocycles. The summed E-state index contributed by atoms with van der Waals surface area (Å²) in [5, 5.41) is 10.7. The first-order valence-corrected chi connectivity index (χ1v) is 5.77. The minimum atomic E-state index is -1.09. The van der Waals surface area contributed by atoms with Gasteiger partial charge < -0.3 is 14.8 Å². The van der Waals surface area contributed by atoms with Crippen LogP contribution in [-0.2, 0) is 4.79 Å². The fourth-order valence-corrected chi connectivity index (χ4v) is 2.60. The molecule has 3 nitrogen and oxygen atoms in total. The van der Waals surface area contributed by atoms with Crippen LogP contribution in [0.1, 0.15) is 27.7 Å². The van der Waals surface area contributed by atoms with E-state index in [1.807, 2.05) is 18.7 Å². The van der Waals surface area contributed by atoms with Crippen molar-refractivity contribution in [1.29, 1.82) is 0 Å². The zero-order chi connectivity index (χ0) is 11.4. The van der Waals surface area contributed by atoms with Crippen molar-refractivity contribution in [3.8, 4) is 0 Å². The molecule has 0 aromatic heterocycles. The van der Waals surface area contributed by atoms with Crippen LogP contribution in [0.2, 0.25) is 0 Å². The summed E-state index contributed by atoms with van der Waals surface area (Å²) in [6.45, 7) is 8.77. The number of carboxylic acids is 1. The normalized spacial score (nSPS) is 10.4. The van der Waals surface area contributed by atoms with E-state index < -0.39 is 10.7 Å². The van der Waals surface area contributed by atoms with E-state index in [1.165, 1.54) is 0 Å². The van der Waals surface area contributed by atoms with Crippen LogP contribution in [0.15, 0.2) is 0 Å². The van der Waals surface area contributed by atoms with Crippen molar-refractivity contribution < 1.29 is 39.5 Å². The maximum Gasteiger partial charge on any atom is 1.00 e. The van der Waals surface area contributed by atoms with E-state index in [2.05, 4.69) is 0 Å². The smallest absolute Gasteiger partial charge is 0.549 e. The quantitative estimate of drug-likeness (QED) is 0.425. The summed E-state index contributed by atoms with van der Waals surface area (Å²) in [7, 11) is 0. The summed E-state index contributed by atoms with van der Waals surface area (Å²) < 4.78 is -0.344. The number of aliphatic carboxylic acids is 1. The van der Waals surface area contributed by atoms with Crippen molar-refractivity contribution >= 4 is 34.3 Å². The van der Waals surface area contributed by atoms with Gasteiger partial charge in [-0.1, -0.05) is 24.0 Å². The first-order valence-electron chi connectivity index (χ1n) is 4.54. The number of thiocarbonyl (C=S) groups is 1. The largest absolute Gasteiger partial charge is 1.00 e. The Labute approximate surface area is 123 Å². The Balaban J connectivity index is 0. The van der Waals surface area contributed by atoms with Gasteiger partial charge in [-0.2, -0.15) is 0 Å². The van der Waals surface area contributed by atoms with Crippen LogP contribution in [-0.4, -0.2) is 33.0 Å². The number of carbonyl (C=O) groups excluding carboxylic acids is 1. The number of hydrogen-bond donors (Lipinski definition) is 0. The summed E-state index contributed by atoms with van der Waals surface area (Å²) in [5.74, 6) is -1.09. The Hall–Kier alpha value is 0.710. The summed E-state index contributed by atoms with van der Waals surface area (Å²) in [4.78, 5) is 12.7. The molecule has 0 bridgehead atoms. The summed E-state index contributed by atoms with van der Waals surface area (Å²) >= 11 is 6.30. The van der Waals surface area contributed by atoms with Crippen LogP contribution >= 0.6 is 24.0 Å². The summed E-state index contributed by atoms with van der Waals surface area (Å²) in [6.07, 6.45) is 0. The van der Waals surface area contributed by atoms with E-state index >= 15 is 0 Å². The molecule has 0 aromatic rings. The molecule has 0 radical (unpaired) electrons. The average molecular weight is 257 g/mol. The monoisotopic (exact) mass is 257 g/mol. The molecule has 0 fully saturated rings. The molecule has 0 heterocycles. The van der Waals surface area contributed by atoms with Gasteiger partial charge in [0.05, 0.1) is 10.7 Å². The molecule has 0 N–H and O–H groups in total. The molecule has 0 aliphatic rings. The van der Waals surface area contributed by atoms with E-state index in [1.54, 1.807) is 13.8 Å². The molecule has 0 atom stereocenters. The van der Waals surface area contributed by atoms with Gasteiger partial charge in [0, 0.05) is 13.1 Å². The summed E-state index contributed by atoms with van der Waals surface area (Å²) in [5.41, 5.74) is 0. The summed E-state index contributed by atoms with van der Waals surface area (Å²) in [6, 6.07) is 0. The first-order chi connectivity index (χ1) is 6.35. The van der Waals surface area contributed by atoms with E-state index in [9.17, 15) is 9.90 Å². The van der Waals surface area contributed by atoms with Gasteiger partial charge in [0.1, 0.15) is 4.32 Å². The second-order valence-corrected chi connectivity index (χ2v) is 5.59. The topological polar surface area (TPSA) is 43.4 Å². The molecule has 0 aromatic carbocycles. The molecule has 6 heteroatoms. The molecular weight excluding hydrogens is 241 g/mol. The Bertz CT molecular complexity index is 230. The van der Waals surface area contributed by atoms with Crippen molar-refractivity contribution in [1.82, 2.24) is 4.90 Å². The number of carbonyl (C=O) groups is 1. The minimum Gasteiger partial charge on any atom is -0.549 e. The molecule has 0 saturated heterocycles. The van der Waals surface area contributed by atoms with Crippen molar-refractivity contribution in [3.05, 3.63) is 0 Å². The number of hydrogen-bond acceptors (Lipinski definition) is 4. The van der Waals surface area contributed by atoms with E-state index in [4.69, 9.17) is 12.2 Å². The second kappa shape index (κ2) is 7.90. The van der Waals surface area contributed by atoms with Crippen LogP contribution < -0.4 is 34.7 Å². The van der Waals surface area contributed by atoms with Crippen LogP contribution in [0.4, 0.5) is 0 Å². The molecule has 0 saturated carbocycles. The van der Waals surface area contributed by atoms with Gasteiger partial charge in [0.2, 0.25) is 0 Å². The molecular formula is C9H16NNaO2S2. The van der Waals surface area contributed by atoms with E-state index in [0.717, 1.165) is 24.9 Å². The molecule has 0 unspecified atom stereocenters. The predicted octanol–water partition coefficient (Wildman–Crippen LogP) is -2.12. The maximum atomic E-state index is 10.7. The minimum absolute atomic E-state index is 0. The third kappa shape index (κ3) is 6.12. The zero-order valence-electron chi connectivity index (χ0n) is 9.99. The second-order valence-electron chi connectivity index (χ2n) is 3.34. The third-order valence-electron chi connectivity index (χ3n) is 1.86. The van der Waals surface area contributed by atoms with E-state index in [-0.39, 0.29) is 29.6 Å². The molecule has 0 amide bonds. The SMILES string of the molecule is CCN(CC)C(=S)SC(C)(C)C(=O)[O-].[Na+]. The fourth-order valence-electron chi connectivity index (χ4n) is 0.806. The van der Waals surface area contributed by atoms with Crippen LogP contribution in [0.5, 0.6) is 0 Å². The van der Waals surface area contributed by atoms with Gasteiger partial charge >= 0.3 is 29.6 Å².